The number of imide groups is 1. The van der Waals surface area contributed by atoms with Crippen LogP contribution in [0.5, 0.6) is 0 Å². The van der Waals surface area contributed by atoms with Gasteiger partial charge in [-0.05, 0) is 28.0 Å². The fourth-order valence-electron chi connectivity index (χ4n) is 4.00. The number of hydrogen-bond acceptors (Lipinski definition) is 2. The number of H-pyrrole nitrogens is 1. The summed E-state index contributed by atoms with van der Waals surface area (Å²) in [6.07, 6.45) is 1.85. The normalized spacial score (nSPS) is 20.0. The molecule has 2 heterocycles. The predicted octanol–water partition coefficient (Wildman–Crippen LogP) is 3.84. The maximum Gasteiger partial charge on any atom is 0.235 e. The Morgan fingerprint density at radius 2 is 1.46 bits per heavy atom. The van der Waals surface area contributed by atoms with Crippen LogP contribution in [0.25, 0.3) is 21.7 Å². The Balaban J connectivity index is 1.67. The Kier molecular flexibility index (Phi) is 3.19. The second-order valence-corrected chi connectivity index (χ2v) is 6.71. The van der Waals surface area contributed by atoms with Crippen LogP contribution in [0.15, 0.2) is 72.9 Å². The van der Waals surface area contributed by atoms with Crippen molar-refractivity contribution in [3.8, 4) is 0 Å². The third-order valence-electron chi connectivity index (χ3n) is 5.23. The highest BCUT2D eigenvalue weighted by molar-refractivity contribution is 6.12. The summed E-state index contributed by atoms with van der Waals surface area (Å²) in [5.74, 6) is -1.52. The van der Waals surface area contributed by atoms with Crippen molar-refractivity contribution in [3.05, 3.63) is 84.1 Å². The van der Waals surface area contributed by atoms with E-state index in [1.807, 2.05) is 72.9 Å². The first kappa shape index (κ1) is 14.9. The third kappa shape index (κ3) is 2.15. The van der Waals surface area contributed by atoms with Crippen molar-refractivity contribution in [1.82, 2.24) is 10.3 Å². The first-order valence-electron chi connectivity index (χ1n) is 8.62. The van der Waals surface area contributed by atoms with Gasteiger partial charge >= 0.3 is 0 Å². The average Bonchev–Trinajstić information content (AvgIpc) is 3.21. The summed E-state index contributed by atoms with van der Waals surface area (Å²) < 4.78 is 0. The van der Waals surface area contributed by atoms with Crippen LogP contribution in [0.2, 0.25) is 0 Å². The molecule has 1 aromatic heterocycles. The van der Waals surface area contributed by atoms with Gasteiger partial charge in [-0.15, -0.1) is 0 Å². The maximum absolute atomic E-state index is 12.6. The zero-order valence-electron chi connectivity index (χ0n) is 13.9. The van der Waals surface area contributed by atoms with Crippen LogP contribution in [0.4, 0.5) is 0 Å². The highest BCUT2D eigenvalue weighted by Gasteiger charge is 2.44. The number of benzene rings is 3. The first-order valence-corrected chi connectivity index (χ1v) is 8.62. The molecule has 2 N–H and O–H groups in total. The maximum atomic E-state index is 12.6. The fraction of sp³-hybridized carbons (Fsp3) is 0.0909. The van der Waals surface area contributed by atoms with Crippen LogP contribution in [-0.4, -0.2) is 16.8 Å². The highest BCUT2D eigenvalue weighted by Crippen LogP contribution is 2.41. The van der Waals surface area contributed by atoms with Gasteiger partial charge in [0, 0.05) is 17.1 Å². The van der Waals surface area contributed by atoms with Crippen LogP contribution in [0, 0.1) is 0 Å². The molecule has 4 nitrogen and oxygen atoms in total. The summed E-state index contributed by atoms with van der Waals surface area (Å²) in [5, 5.41) is 5.68. The van der Waals surface area contributed by atoms with Crippen LogP contribution in [0.3, 0.4) is 0 Å². The lowest BCUT2D eigenvalue weighted by molar-refractivity contribution is -0.125. The summed E-state index contributed by atoms with van der Waals surface area (Å²) >= 11 is 0. The number of hydrogen-bond donors (Lipinski definition) is 2. The van der Waals surface area contributed by atoms with Gasteiger partial charge in [-0.25, -0.2) is 0 Å². The van der Waals surface area contributed by atoms with Crippen LogP contribution in [-0.2, 0) is 9.59 Å². The molecule has 0 bridgehead atoms. The SMILES string of the molecule is O=C1NC(=O)C(c2c[nH]c3ccccc23)C1c1ccc2ccccc2c1. The van der Waals surface area contributed by atoms with Crippen molar-refractivity contribution in [1.29, 1.82) is 0 Å². The van der Waals surface area contributed by atoms with Gasteiger partial charge < -0.3 is 4.98 Å². The number of para-hydroxylation sites is 1. The van der Waals surface area contributed by atoms with E-state index in [9.17, 15) is 9.59 Å². The van der Waals surface area contributed by atoms with E-state index < -0.39 is 11.8 Å². The second kappa shape index (κ2) is 5.56. The third-order valence-corrected chi connectivity index (χ3v) is 5.23. The van der Waals surface area contributed by atoms with Gasteiger partial charge in [-0.2, -0.15) is 0 Å². The molecular formula is C22H16N2O2. The van der Waals surface area contributed by atoms with Gasteiger partial charge in [0.25, 0.3) is 0 Å². The number of carbonyl (C=O) groups is 2. The molecule has 1 saturated heterocycles. The lowest BCUT2D eigenvalue weighted by Gasteiger charge is -2.16. The Morgan fingerprint density at radius 1 is 0.731 bits per heavy atom. The van der Waals surface area contributed by atoms with Crippen molar-refractivity contribution in [3.63, 3.8) is 0 Å². The molecule has 0 aliphatic carbocycles. The fourth-order valence-corrected chi connectivity index (χ4v) is 4.00. The average molecular weight is 340 g/mol. The Hall–Kier alpha value is -3.40. The smallest absolute Gasteiger partial charge is 0.235 e. The minimum absolute atomic E-state index is 0.236. The standard InChI is InChI=1S/C22H16N2O2/c25-21-19(15-10-9-13-5-1-2-6-14(13)11-15)20(22(26)24-21)17-12-23-18-8-4-3-7-16(17)18/h1-12,19-20,23H,(H,24,25,26). The topological polar surface area (TPSA) is 62.0 Å². The summed E-state index contributed by atoms with van der Waals surface area (Å²) in [5.41, 5.74) is 2.69. The van der Waals surface area contributed by atoms with Crippen molar-refractivity contribution in [2.75, 3.05) is 0 Å². The van der Waals surface area contributed by atoms with Gasteiger partial charge in [0.2, 0.25) is 11.8 Å². The minimum Gasteiger partial charge on any atom is -0.361 e. The van der Waals surface area contributed by atoms with E-state index >= 15 is 0 Å². The molecule has 1 aliphatic rings. The number of aromatic nitrogens is 1. The van der Waals surface area contributed by atoms with Crippen molar-refractivity contribution >= 4 is 33.5 Å². The Labute approximate surface area is 149 Å². The van der Waals surface area contributed by atoms with Crippen LogP contribution in [0.1, 0.15) is 23.0 Å². The molecular weight excluding hydrogens is 324 g/mol. The molecule has 1 aliphatic heterocycles. The summed E-state index contributed by atoms with van der Waals surface area (Å²) in [7, 11) is 0. The molecule has 4 heteroatoms. The molecule has 3 aromatic carbocycles. The van der Waals surface area contributed by atoms with E-state index in [-0.39, 0.29) is 11.8 Å². The molecule has 26 heavy (non-hydrogen) atoms. The van der Waals surface area contributed by atoms with Gasteiger partial charge in [0.05, 0.1) is 11.8 Å². The molecule has 2 atom stereocenters. The van der Waals surface area contributed by atoms with Gasteiger partial charge in [0.15, 0.2) is 0 Å². The number of amides is 2. The first-order chi connectivity index (χ1) is 12.7. The molecule has 4 aromatic rings. The zero-order valence-corrected chi connectivity index (χ0v) is 13.9. The Bertz CT molecular complexity index is 1170. The number of aromatic amines is 1. The van der Waals surface area contributed by atoms with E-state index in [1.54, 1.807) is 0 Å². The summed E-state index contributed by atoms with van der Waals surface area (Å²) in [4.78, 5) is 28.5. The van der Waals surface area contributed by atoms with E-state index in [0.717, 1.165) is 32.8 Å². The zero-order chi connectivity index (χ0) is 17.7. The van der Waals surface area contributed by atoms with E-state index in [0.29, 0.717) is 0 Å². The molecule has 126 valence electrons. The van der Waals surface area contributed by atoms with Crippen molar-refractivity contribution in [2.24, 2.45) is 0 Å². The van der Waals surface area contributed by atoms with Crippen molar-refractivity contribution in [2.45, 2.75) is 11.8 Å². The van der Waals surface area contributed by atoms with Crippen LogP contribution >= 0.6 is 0 Å². The number of fused-ring (bicyclic) bond motifs is 2. The molecule has 2 unspecified atom stereocenters. The molecule has 5 rings (SSSR count). The molecule has 1 fully saturated rings. The minimum atomic E-state index is -0.528. The second-order valence-electron chi connectivity index (χ2n) is 6.71. The molecule has 0 radical (unpaired) electrons. The van der Waals surface area contributed by atoms with E-state index in [2.05, 4.69) is 10.3 Å². The predicted molar refractivity (Wildman–Crippen MR) is 101 cm³/mol. The van der Waals surface area contributed by atoms with Gasteiger partial charge in [-0.3, -0.25) is 14.9 Å². The Morgan fingerprint density at radius 3 is 2.35 bits per heavy atom. The quantitative estimate of drug-likeness (QED) is 0.545. The monoisotopic (exact) mass is 340 g/mol. The van der Waals surface area contributed by atoms with Gasteiger partial charge in [-0.1, -0.05) is 60.7 Å². The number of nitrogens with one attached hydrogen (secondary N) is 2. The van der Waals surface area contributed by atoms with E-state index in [1.165, 1.54) is 0 Å². The van der Waals surface area contributed by atoms with E-state index in [4.69, 9.17) is 0 Å². The lowest BCUT2D eigenvalue weighted by atomic mass is 9.82. The largest absolute Gasteiger partial charge is 0.361 e. The molecule has 0 spiro atoms. The lowest BCUT2D eigenvalue weighted by Crippen LogP contribution is -2.21. The summed E-state index contributed by atoms with van der Waals surface area (Å²) in [6.45, 7) is 0. The molecule has 0 saturated carbocycles. The van der Waals surface area contributed by atoms with Crippen LogP contribution < -0.4 is 5.32 Å². The molecule has 2 amide bonds. The van der Waals surface area contributed by atoms with Gasteiger partial charge in [0.1, 0.15) is 0 Å². The van der Waals surface area contributed by atoms with Crippen molar-refractivity contribution < 1.29 is 9.59 Å². The highest BCUT2D eigenvalue weighted by atomic mass is 16.2. The summed E-state index contributed by atoms with van der Waals surface area (Å²) in [6, 6.07) is 21.8. The number of rotatable bonds is 2. The number of carbonyl (C=O) groups excluding carboxylic acids is 2.